The quantitative estimate of drug-likeness (QED) is 0.743. The van der Waals surface area contributed by atoms with Crippen LogP contribution in [0.2, 0.25) is 0 Å². The fourth-order valence-electron chi connectivity index (χ4n) is 4.47. The van der Waals surface area contributed by atoms with Crippen molar-refractivity contribution in [1.82, 2.24) is 19.7 Å². The highest BCUT2D eigenvalue weighted by Gasteiger charge is 2.34. The van der Waals surface area contributed by atoms with Crippen LogP contribution >= 0.6 is 0 Å². The number of carbonyl (C=O) groups excluding carboxylic acids is 1. The van der Waals surface area contributed by atoms with Gasteiger partial charge >= 0.3 is 0 Å². The Morgan fingerprint density at radius 3 is 3.03 bits per heavy atom. The molecule has 0 radical (unpaired) electrons. The molecule has 0 aromatic carbocycles. The molecular formula is C23H32N4O2. The molecule has 1 fully saturated rings. The second kappa shape index (κ2) is 9.08. The van der Waals surface area contributed by atoms with Crippen LogP contribution in [0.25, 0.3) is 0 Å². The molecule has 1 amide bonds. The first kappa shape index (κ1) is 20.1. The first-order valence-electron chi connectivity index (χ1n) is 11.0. The molecule has 6 nitrogen and oxygen atoms in total. The van der Waals surface area contributed by atoms with Gasteiger partial charge in [0.2, 0.25) is 5.91 Å². The Balaban J connectivity index is 1.63. The van der Waals surface area contributed by atoms with Crippen LogP contribution in [-0.2, 0) is 29.1 Å². The lowest BCUT2D eigenvalue weighted by atomic mass is 9.94. The molecule has 1 unspecified atom stereocenters. The number of ether oxygens (including phenoxy) is 1. The smallest absolute Gasteiger partial charge is 0.223 e. The first-order chi connectivity index (χ1) is 14.1. The molecular weight excluding hydrogens is 364 g/mol. The lowest BCUT2D eigenvalue weighted by molar-refractivity contribution is -0.135. The summed E-state index contributed by atoms with van der Waals surface area (Å²) >= 11 is 0. The molecule has 4 heterocycles. The topological polar surface area (TPSA) is 60.2 Å². The van der Waals surface area contributed by atoms with E-state index in [0.717, 1.165) is 56.5 Å². The molecule has 0 saturated carbocycles. The van der Waals surface area contributed by atoms with Gasteiger partial charge in [-0.05, 0) is 43.2 Å². The number of carbonyl (C=O) groups is 1. The summed E-state index contributed by atoms with van der Waals surface area (Å²) < 4.78 is 7.92. The van der Waals surface area contributed by atoms with Gasteiger partial charge in [0.05, 0.1) is 31.5 Å². The molecule has 29 heavy (non-hydrogen) atoms. The van der Waals surface area contributed by atoms with E-state index in [9.17, 15) is 4.79 Å². The number of hydrogen-bond acceptors (Lipinski definition) is 4. The lowest BCUT2D eigenvalue weighted by Crippen LogP contribution is -2.39. The van der Waals surface area contributed by atoms with Crippen LogP contribution < -0.4 is 0 Å². The fraction of sp³-hybridized carbons (Fsp3) is 0.609. The molecule has 0 bridgehead atoms. The Bertz CT molecular complexity index is 831. The second-order valence-electron chi connectivity index (χ2n) is 8.66. The minimum Gasteiger partial charge on any atom is -0.376 e. The number of aromatic nitrogens is 3. The molecule has 2 aliphatic heterocycles. The minimum absolute atomic E-state index is 0.0778. The van der Waals surface area contributed by atoms with Crippen LogP contribution in [-0.4, -0.2) is 38.7 Å². The highest BCUT2D eigenvalue weighted by Crippen LogP contribution is 2.35. The van der Waals surface area contributed by atoms with Crippen LogP contribution in [0.15, 0.2) is 24.5 Å². The summed E-state index contributed by atoms with van der Waals surface area (Å²) in [5.74, 6) is 0.817. The van der Waals surface area contributed by atoms with E-state index < -0.39 is 0 Å². The Morgan fingerprint density at radius 1 is 1.34 bits per heavy atom. The molecule has 1 atom stereocenters. The Morgan fingerprint density at radius 2 is 2.24 bits per heavy atom. The van der Waals surface area contributed by atoms with Crippen molar-refractivity contribution < 1.29 is 9.53 Å². The number of piperidine rings is 1. The summed E-state index contributed by atoms with van der Waals surface area (Å²) in [6, 6.07) is 4.13. The summed E-state index contributed by atoms with van der Waals surface area (Å²) in [4.78, 5) is 19.3. The number of nitrogens with zero attached hydrogens (tertiary/aromatic N) is 4. The van der Waals surface area contributed by atoms with Crippen molar-refractivity contribution in [2.24, 2.45) is 5.92 Å². The van der Waals surface area contributed by atoms with Crippen molar-refractivity contribution in [3.63, 3.8) is 0 Å². The Labute approximate surface area is 173 Å². The number of hydrogen-bond donors (Lipinski definition) is 0. The largest absolute Gasteiger partial charge is 0.376 e. The van der Waals surface area contributed by atoms with Gasteiger partial charge < -0.3 is 9.64 Å². The zero-order valence-electron chi connectivity index (χ0n) is 17.6. The Hall–Kier alpha value is -2.21. The van der Waals surface area contributed by atoms with Crippen molar-refractivity contribution in [3.8, 4) is 0 Å². The first-order valence-corrected chi connectivity index (χ1v) is 11.0. The van der Waals surface area contributed by atoms with Crippen molar-refractivity contribution >= 4 is 5.91 Å². The number of fused-ring (bicyclic) bond motifs is 1. The maximum atomic E-state index is 13.0. The third-order valence-corrected chi connectivity index (χ3v) is 6.06. The zero-order valence-corrected chi connectivity index (χ0v) is 17.6. The predicted molar refractivity (Wildman–Crippen MR) is 111 cm³/mol. The number of likely N-dealkylation sites (tertiary alicyclic amines) is 1. The minimum atomic E-state index is 0.0778. The van der Waals surface area contributed by atoms with Crippen LogP contribution in [0.5, 0.6) is 0 Å². The predicted octanol–water partition coefficient (Wildman–Crippen LogP) is 3.89. The summed E-state index contributed by atoms with van der Waals surface area (Å²) in [6.45, 7) is 7.23. The van der Waals surface area contributed by atoms with Crippen molar-refractivity contribution in [2.75, 3.05) is 13.2 Å². The summed E-state index contributed by atoms with van der Waals surface area (Å²) in [5.41, 5.74) is 4.66. The van der Waals surface area contributed by atoms with E-state index in [1.165, 1.54) is 11.3 Å². The third kappa shape index (κ3) is 4.53. The second-order valence-corrected chi connectivity index (χ2v) is 8.66. The normalized spacial score (nSPS) is 19.4. The molecule has 156 valence electrons. The molecule has 2 aromatic rings. The van der Waals surface area contributed by atoms with E-state index in [1.807, 2.05) is 12.3 Å². The highest BCUT2D eigenvalue weighted by atomic mass is 16.5. The molecule has 6 heteroatoms. The van der Waals surface area contributed by atoms with Crippen molar-refractivity contribution in [2.45, 2.75) is 71.6 Å². The van der Waals surface area contributed by atoms with E-state index in [0.29, 0.717) is 25.5 Å². The summed E-state index contributed by atoms with van der Waals surface area (Å²) in [7, 11) is 0. The van der Waals surface area contributed by atoms with E-state index >= 15 is 0 Å². The van der Waals surface area contributed by atoms with Crippen LogP contribution in [0.3, 0.4) is 0 Å². The van der Waals surface area contributed by atoms with Crippen LogP contribution in [0.4, 0.5) is 0 Å². The van der Waals surface area contributed by atoms with Gasteiger partial charge in [-0.2, -0.15) is 5.10 Å². The van der Waals surface area contributed by atoms with E-state index in [1.54, 1.807) is 6.20 Å². The van der Waals surface area contributed by atoms with Gasteiger partial charge in [-0.25, -0.2) is 0 Å². The van der Waals surface area contributed by atoms with Gasteiger partial charge in [-0.3, -0.25) is 14.5 Å². The van der Waals surface area contributed by atoms with Crippen molar-refractivity contribution in [1.29, 1.82) is 0 Å². The SMILES string of the molecule is CC(C)CCC(=O)N1CCCCC1c1nn(Cc2cccnc2)c2c1COCC2. The summed E-state index contributed by atoms with van der Waals surface area (Å²) in [5, 5.41) is 5.05. The van der Waals surface area contributed by atoms with Gasteiger partial charge in [0, 0.05) is 43.0 Å². The molecule has 4 rings (SSSR count). The van der Waals surface area contributed by atoms with Gasteiger partial charge in [-0.15, -0.1) is 0 Å². The number of pyridine rings is 1. The molecule has 0 aliphatic carbocycles. The molecule has 0 N–H and O–H groups in total. The van der Waals surface area contributed by atoms with Crippen molar-refractivity contribution in [3.05, 3.63) is 47.0 Å². The van der Waals surface area contributed by atoms with Gasteiger partial charge in [0.25, 0.3) is 0 Å². The average molecular weight is 397 g/mol. The van der Waals surface area contributed by atoms with Crippen LogP contribution in [0, 0.1) is 5.92 Å². The maximum absolute atomic E-state index is 13.0. The number of rotatable bonds is 6. The molecule has 0 spiro atoms. The molecule has 1 saturated heterocycles. The number of amides is 1. The standard InChI is InChI=1S/C23H32N4O2/c1-17(2)8-9-22(28)26-12-4-3-7-21(26)23-19-16-29-13-10-20(19)27(25-23)15-18-6-5-11-24-14-18/h5-6,11,14,17,21H,3-4,7-10,12-13,15-16H2,1-2H3. The van der Waals surface area contributed by atoms with Crippen LogP contribution in [0.1, 0.15) is 74.5 Å². The zero-order chi connectivity index (χ0) is 20.2. The molecule has 2 aliphatic rings. The van der Waals surface area contributed by atoms with Gasteiger partial charge in [-0.1, -0.05) is 19.9 Å². The fourth-order valence-corrected chi connectivity index (χ4v) is 4.47. The monoisotopic (exact) mass is 396 g/mol. The van der Waals surface area contributed by atoms with Gasteiger partial charge in [0.1, 0.15) is 0 Å². The van der Waals surface area contributed by atoms with Gasteiger partial charge in [0.15, 0.2) is 0 Å². The third-order valence-electron chi connectivity index (χ3n) is 6.06. The lowest BCUT2D eigenvalue weighted by Gasteiger charge is -2.36. The average Bonchev–Trinajstić information content (AvgIpc) is 3.11. The highest BCUT2D eigenvalue weighted by molar-refractivity contribution is 5.76. The molecule has 2 aromatic heterocycles. The van der Waals surface area contributed by atoms with E-state index in [2.05, 4.69) is 34.5 Å². The van der Waals surface area contributed by atoms with E-state index in [4.69, 9.17) is 9.84 Å². The maximum Gasteiger partial charge on any atom is 0.223 e. The Kier molecular flexibility index (Phi) is 6.28. The van der Waals surface area contributed by atoms with E-state index in [-0.39, 0.29) is 11.9 Å². The summed E-state index contributed by atoms with van der Waals surface area (Å²) in [6.07, 6.45) is 9.35.